The van der Waals surface area contributed by atoms with Gasteiger partial charge in [0.25, 0.3) is 0 Å². The number of nitrogens with zero attached hydrogens (tertiary/aromatic N) is 5. The van der Waals surface area contributed by atoms with Crippen LogP contribution >= 0.6 is 0 Å². The minimum absolute atomic E-state index is 0.254. The molecule has 0 aliphatic rings. The van der Waals surface area contributed by atoms with Crippen LogP contribution in [0.1, 0.15) is 0 Å². The maximum Gasteiger partial charge on any atom is 0.143 e. The molecule has 0 spiro atoms. The summed E-state index contributed by atoms with van der Waals surface area (Å²) >= 11 is 0. The van der Waals surface area contributed by atoms with E-state index in [2.05, 4.69) is 20.4 Å². The van der Waals surface area contributed by atoms with Gasteiger partial charge in [-0.1, -0.05) is 0 Å². The first kappa shape index (κ1) is 13.7. The van der Waals surface area contributed by atoms with E-state index in [-0.39, 0.29) is 6.54 Å². The largest absolute Gasteiger partial charge is 0.338 e. The number of nitrogens with one attached hydrogen (secondary N) is 1. The normalized spacial score (nSPS) is 11.4. The zero-order valence-corrected chi connectivity index (χ0v) is 12.6. The maximum atomic E-state index is 12.3. The smallest absolute Gasteiger partial charge is 0.143 e. The number of anilines is 2. The van der Waals surface area contributed by atoms with Crippen LogP contribution in [0.4, 0.5) is 15.9 Å². The van der Waals surface area contributed by atoms with E-state index < -0.39 is 6.67 Å². The van der Waals surface area contributed by atoms with Crippen molar-refractivity contribution < 1.29 is 4.39 Å². The highest BCUT2D eigenvalue weighted by Crippen LogP contribution is 2.27. The van der Waals surface area contributed by atoms with Gasteiger partial charge in [0.1, 0.15) is 18.1 Å². The predicted octanol–water partition coefficient (Wildman–Crippen LogP) is 3.03. The molecule has 1 N–H and O–H groups in total. The van der Waals surface area contributed by atoms with Crippen molar-refractivity contribution in [3.63, 3.8) is 0 Å². The molecule has 0 aliphatic heterocycles. The molecule has 0 saturated heterocycles. The van der Waals surface area contributed by atoms with E-state index in [1.54, 1.807) is 23.3 Å². The van der Waals surface area contributed by atoms with Gasteiger partial charge < -0.3 is 9.88 Å². The molecule has 0 fully saturated rings. The lowest BCUT2D eigenvalue weighted by Gasteiger charge is -2.03. The van der Waals surface area contributed by atoms with Crippen molar-refractivity contribution in [3.05, 3.63) is 43.0 Å². The van der Waals surface area contributed by atoms with Gasteiger partial charge in [-0.25, -0.2) is 9.37 Å². The summed E-state index contributed by atoms with van der Waals surface area (Å²) in [6.07, 6.45) is 7.05. The van der Waals surface area contributed by atoms with Crippen LogP contribution < -0.4 is 5.32 Å². The molecule has 23 heavy (non-hydrogen) atoms. The maximum absolute atomic E-state index is 12.3. The van der Waals surface area contributed by atoms with Crippen LogP contribution in [-0.4, -0.2) is 31.0 Å². The third-order valence-corrected chi connectivity index (χ3v) is 3.86. The fourth-order valence-corrected chi connectivity index (χ4v) is 2.77. The van der Waals surface area contributed by atoms with Crippen molar-refractivity contribution in [2.24, 2.45) is 7.05 Å². The number of aryl methyl sites for hydroxylation is 2. The molecule has 0 aliphatic carbocycles. The number of fused-ring (bicyclic) bond motifs is 3. The number of aromatic nitrogens is 5. The first-order valence-corrected chi connectivity index (χ1v) is 7.31. The Hall–Kier alpha value is -2.96. The Balaban J connectivity index is 1.73. The lowest BCUT2D eigenvalue weighted by molar-refractivity contribution is 0.427. The number of rotatable bonds is 4. The summed E-state index contributed by atoms with van der Waals surface area (Å²) < 4.78 is 15.9. The van der Waals surface area contributed by atoms with Crippen LogP contribution in [-0.2, 0) is 13.6 Å². The van der Waals surface area contributed by atoms with Crippen molar-refractivity contribution in [2.75, 3.05) is 12.0 Å². The number of alkyl halides is 1. The molecular formula is C16H15FN6. The molecule has 116 valence electrons. The Morgan fingerprint density at radius 3 is 2.96 bits per heavy atom. The van der Waals surface area contributed by atoms with E-state index in [1.807, 2.05) is 36.0 Å². The molecule has 0 saturated carbocycles. The molecule has 6 nitrogen and oxygen atoms in total. The van der Waals surface area contributed by atoms with Gasteiger partial charge in [-0.05, 0) is 18.2 Å². The number of pyridine rings is 2. The topological polar surface area (TPSA) is 60.6 Å². The molecule has 4 rings (SSSR count). The molecule has 4 aromatic heterocycles. The van der Waals surface area contributed by atoms with Gasteiger partial charge in [0, 0.05) is 36.4 Å². The Bertz CT molecular complexity index is 987. The van der Waals surface area contributed by atoms with Gasteiger partial charge in [0.15, 0.2) is 0 Å². The summed E-state index contributed by atoms with van der Waals surface area (Å²) in [5.74, 6) is 0.719. The highest BCUT2D eigenvalue weighted by molar-refractivity contribution is 6.06. The molecule has 0 atom stereocenters. The van der Waals surface area contributed by atoms with Crippen LogP contribution in [0.3, 0.4) is 0 Å². The summed E-state index contributed by atoms with van der Waals surface area (Å²) in [7, 11) is 1.99. The average Bonchev–Trinajstić information content (AvgIpc) is 3.12. The van der Waals surface area contributed by atoms with E-state index in [9.17, 15) is 4.39 Å². The SMILES string of the molecule is Cn1c2ccncc2c2ccc(Nc3cnn(CCF)c3)nc21. The summed E-state index contributed by atoms with van der Waals surface area (Å²) in [6.45, 7) is -0.181. The van der Waals surface area contributed by atoms with Gasteiger partial charge in [-0.15, -0.1) is 0 Å². The molecule has 0 amide bonds. The molecule has 7 heteroatoms. The summed E-state index contributed by atoms with van der Waals surface area (Å²) in [4.78, 5) is 8.86. The Morgan fingerprint density at radius 2 is 2.09 bits per heavy atom. The van der Waals surface area contributed by atoms with Crippen molar-refractivity contribution in [1.82, 2.24) is 24.3 Å². The van der Waals surface area contributed by atoms with Crippen molar-refractivity contribution in [3.8, 4) is 0 Å². The predicted molar refractivity (Wildman–Crippen MR) is 87.5 cm³/mol. The van der Waals surface area contributed by atoms with Crippen molar-refractivity contribution in [1.29, 1.82) is 0 Å². The summed E-state index contributed by atoms with van der Waals surface area (Å²) in [5.41, 5.74) is 2.76. The first-order chi connectivity index (χ1) is 11.3. The third-order valence-electron chi connectivity index (χ3n) is 3.86. The molecule has 0 radical (unpaired) electrons. The minimum atomic E-state index is -0.435. The van der Waals surface area contributed by atoms with Crippen LogP contribution in [0.15, 0.2) is 43.0 Å². The second-order valence-electron chi connectivity index (χ2n) is 5.33. The minimum Gasteiger partial charge on any atom is -0.338 e. The lowest BCUT2D eigenvalue weighted by atomic mass is 10.2. The first-order valence-electron chi connectivity index (χ1n) is 7.31. The Labute approximate surface area is 131 Å². The quantitative estimate of drug-likeness (QED) is 0.629. The van der Waals surface area contributed by atoms with E-state index in [1.165, 1.54) is 0 Å². The van der Waals surface area contributed by atoms with Crippen LogP contribution in [0.2, 0.25) is 0 Å². The molecule has 0 bridgehead atoms. The second-order valence-corrected chi connectivity index (χ2v) is 5.33. The number of halogens is 1. The van der Waals surface area contributed by atoms with Gasteiger partial charge >= 0.3 is 0 Å². The van der Waals surface area contributed by atoms with E-state index in [0.717, 1.165) is 33.4 Å². The Kier molecular flexibility index (Phi) is 3.18. The average molecular weight is 310 g/mol. The zero-order valence-electron chi connectivity index (χ0n) is 12.6. The van der Waals surface area contributed by atoms with Gasteiger partial charge in [0.05, 0.1) is 23.9 Å². The van der Waals surface area contributed by atoms with E-state index >= 15 is 0 Å². The van der Waals surface area contributed by atoms with E-state index in [4.69, 9.17) is 0 Å². The highest BCUT2D eigenvalue weighted by atomic mass is 19.1. The summed E-state index contributed by atoms with van der Waals surface area (Å²) in [5, 5.41) is 9.44. The van der Waals surface area contributed by atoms with E-state index in [0.29, 0.717) is 0 Å². The molecule has 4 aromatic rings. The molecule has 0 aromatic carbocycles. The second kappa shape index (κ2) is 5.35. The molecule has 0 unspecified atom stereocenters. The highest BCUT2D eigenvalue weighted by Gasteiger charge is 2.10. The van der Waals surface area contributed by atoms with Crippen LogP contribution in [0.5, 0.6) is 0 Å². The van der Waals surface area contributed by atoms with Crippen LogP contribution in [0.25, 0.3) is 21.9 Å². The fraction of sp³-hybridized carbons (Fsp3) is 0.188. The van der Waals surface area contributed by atoms with Crippen molar-refractivity contribution in [2.45, 2.75) is 6.54 Å². The van der Waals surface area contributed by atoms with Crippen molar-refractivity contribution >= 4 is 33.4 Å². The Morgan fingerprint density at radius 1 is 1.17 bits per heavy atom. The number of hydrogen-bond donors (Lipinski definition) is 1. The van der Waals surface area contributed by atoms with Crippen LogP contribution in [0, 0.1) is 0 Å². The molecule has 4 heterocycles. The number of hydrogen-bond acceptors (Lipinski definition) is 4. The zero-order chi connectivity index (χ0) is 15.8. The van der Waals surface area contributed by atoms with Gasteiger partial charge in [-0.2, -0.15) is 5.10 Å². The lowest BCUT2D eigenvalue weighted by Crippen LogP contribution is -1.99. The fourth-order valence-electron chi connectivity index (χ4n) is 2.77. The standard InChI is InChI=1S/C16H15FN6/c1-22-14-4-6-18-9-13(14)12-2-3-15(21-16(12)22)20-11-8-19-23(10-11)7-5-17/h2-4,6,8-10H,5,7H2,1H3,(H,20,21). The van der Waals surface area contributed by atoms with Gasteiger partial charge in [-0.3, -0.25) is 9.67 Å². The molecular weight excluding hydrogens is 295 g/mol. The monoisotopic (exact) mass is 310 g/mol. The van der Waals surface area contributed by atoms with Gasteiger partial charge in [0.2, 0.25) is 0 Å². The third kappa shape index (κ3) is 2.30. The summed E-state index contributed by atoms with van der Waals surface area (Å²) in [6, 6.07) is 5.92.